The topological polar surface area (TPSA) is 26.0 Å². The van der Waals surface area contributed by atoms with E-state index < -0.39 is 0 Å². The van der Waals surface area contributed by atoms with Crippen LogP contribution in [0.4, 0.5) is 0 Å². The maximum absolute atomic E-state index is 6.47. The van der Waals surface area contributed by atoms with E-state index in [2.05, 4.69) is 30.3 Å². The van der Waals surface area contributed by atoms with Crippen molar-refractivity contribution in [1.29, 1.82) is 0 Å². The summed E-state index contributed by atoms with van der Waals surface area (Å²) in [6.45, 7) is 0. The van der Waals surface area contributed by atoms with E-state index in [1.807, 2.05) is 0 Å². The summed E-state index contributed by atoms with van der Waals surface area (Å²) in [7, 11) is 0. The highest BCUT2D eigenvalue weighted by Crippen LogP contribution is 2.60. The van der Waals surface area contributed by atoms with Crippen LogP contribution in [0.3, 0.4) is 0 Å². The largest absolute Gasteiger partial charge is 0.321 e. The van der Waals surface area contributed by atoms with Crippen LogP contribution in [0.1, 0.15) is 24.8 Å². The van der Waals surface area contributed by atoms with Gasteiger partial charge in [-0.25, -0.2) is 0 Å². The van der Waals surface area contributed by atoms with Gasteiger partial charge < -0.3 is 5.73 Å². The van der Waals surface area contributed by atoms with Gasteiger partial charge in [0.25, 0.3) is 0 Å². The monoisotopic (exact) mass is 173 g/mol. The van der Waals surface area contributed by atoms with Gasteiger partial charge in [-0.2, -0.15) is 0 Å². The minimum absolute atomic E-state index is 0.0198. The van der Waals surface area contributed by atoms with Gasteiger partial charge in [0.2, 0.25) is 0 Å². The smallest absolute Gasteiger partial charge is 0.0441 e. The van der Waals surface area contributed by atoms with Crippen LogP contribution in [0.2, 0.25) is 0 Å². The summed E-state index contributed by atoms with van der Waals surface area (Å²) in [4.78, 5) is 0. The van der Waals surface area contributed by atoms with Crippen molar-refractivity contribution in [2.45, 2.75) is 24.8 Å². The van der Waals surface area contributed by atoms with E-state index in [0.29, 0.717) is 0 Å². The molecule has 3 rings (SSSR count). The van der Waals surface area contributed by atoms with Crippen molar-refractivity contribution in [3.05, 3.63) is 35.9 Å². The molecular formula is C12H15N. The molecule has 1 nitrogen and oxygen atoms in total. The summed E-state index contributed by atoms with van der Waals surface area (Å²) in [5, 5.41) is 0. The van der Waals surface area contributed by atoms with Crippen LogP contribution in [0.25, 0.3) is 0 Å². The van der Waals surface area contributed by atoms with Gasteiger partial charge >= 0.3 is 0 Å². The fraction of sp³-hybridized carbons (Fsp3) is 0.500. The van der Waals surface area contributed by atoms with E-state index in [0.717, 1.165) is 11.8 Å². The van der Waals surface area contributed by atoms with Gasteiger partial charge in [-0.3, -0.25) is 0 Å². The zero-order valence-corrected chi connectivity index (χ0v) is 7.74. The number of fused-ring (bicyclic) bond motifs is 1. The lowest BCUT2D eigenvalue weighted by Crippen LogP contribution is -2.36. The fourth-order valence-electron chi connectivity index (χ4n) is 2.91. The third-order valence-electron chi connectivity index (χ3n) is 3.82. The highest BCUT2D eigenvalue weighted by atomic mass is 14.8. The van der Waals surface area contributed by atoms with Gasteiger partial charge in [-0.1, -0.05) is 30.3 Å². The van der Waals surface area contributed by atoms with Gasteiger partial charge in [0.1, 0.15) is 0 Å². The van der Waals surface area contributed by atoms with Gasteiger partial charge in [0.05, 0.1) is 0 Å². The molecule has 68 valence electrons. The Labute approximate surface area is 78.9 Å². The molecule has 0 amide bonds. The summed E-state index contributed by atoms with van der Waals surface area (Å²) in [6.07, 6.45) is 3.90. The predicted octanol–water partition coefficient (Wildman–Crippen LogP) is 2.27. The quantitative estimate of drug-likeness (QED) is 0.692. The SMILES string of the molecule is N[C@@]1(c2ccccc2)CC[C@@H]2C[C@@H]21. The number of rotatable bonds is 1. The third kappa shape index (κ3) is 0.969. The zero-order chi connectivity index (χ0) is 8.89. The molecule has 0 aromatic heterocycles. The van der Waals surface area contributed by atoms with Crippen molar-refractivity contribution in [3.63, 3.8) is 0 Å². The minimum atomic E-state index is 0.0198. The van der Waals surface area contributed by atoms with Crippen molar-refractivity contribution < 1.29 is 0 Å². The summed E-state index contributed by atoms with van der Waals surface area (Å²) in [5.41, 5.74) is 7.83. The second kappa shape index (κ2) is 2.36. The standard InChI is InChI=1S/C12H15N/c13-12(7-6-9-8-11(9)12)10-4-2-1-3-5-10/h1-5,9,11H,6-8,13H2/t9-,11+,12-/m1/s1. The molecule has 2 N–H and O–H groups in total. The third-order valence-corrected chi connectivity index (χ3v) is 3.82. The molecule has 0 bridgehead atoms. The molecule has 2 aliphatic carbocycles. The second-order valence-electron chi connectivity index (χ2n) is 4.55. The van der Waals surface area contributed by atoms with Crippen LogP contribution < -0.4 is 5.73 Å². The van der Waals surface area contributed by atoms with Gasteiger partial charge in [0.15, 0.2) is 0 Å². The molecule has 1 heteroatoms. The molecule has 0 saturated heterocycles. The Morgan fingerprint density at radius 3 is 2.54 bits per heavy atom. The zero-order valence-electron chi connectivity index (χ0n) is 7.74. The fourth-order valence-corrected chi connectivity index (χ4v) is 2.91. The molecule has 2 saturated carbocycles. The normalized spacial score (nSPS) is 41.6. The van der Waals surface area contributed by atoms with E-state index in [-0.39, 0.29) is 5.54 Å². The first kappa shape index (κ1) is 7.57. The van der Waals surface area contributed by atoms with Crippen LogP contribution >= 0.6 is 0 Å². The summed E-state index contributed by atoms with van der Waals surface area (Å²) in [5.74, 6) is 1.74. The number of nitrogens with two attached hydrogens (primary N) is 1. The van der Waals surface area contributed by atoms with Crippen molar-refractivity contribution in [2.24, 2.45) is 17.6 Å². The molecule has 2 aliphatic rings. The Morgan fingerprint density at radius 2 is 2.00 bits per heavy atom. The lowest BCUT2D eigenvalue weighted by molar-refractivity contribution is 0.400. The number of benzene rings is 1. The Balaban J connectivity index is 2.00. The average molecular weight is 173 g/mol. The Kier molecular flexibility index (Phi) is 1.37. The van der Waals surface area contributed by atoms with E-state index >= 15 is 0 Å². The van der Waals surface area contributed by atoms with Crippen LogP contribution in [0, 0.1) is 11.8 Å². The molecule has 3 atom stereocenters. The van der Waals surface area contributed by atoms with E-state index in [4.69, 9.17) is 5.73 Å². The van der Waals surface area contributed by atoms with E-state index in [1.165, 1.54) is 24.8 Å². The Morgan fingerprint density at radius 1 is 1.23 bits per heavy atom. The molecule has 1 aromatic carbocycles. The first-order chi connectivity index (χ1) is 6.31. The Bertz CT molecular complexity index is 319. The molecule has 0 aliphatic heterocycles. The highest BCUT2D eigenvalue weighted by Gasteiger charge is 2.56. The molecule has 0 spiro atoms. The maximum Gasteiger partial charge on any atom is 0.0441 e. The first-order valence-electron chi connectivity index (χ1n) is 5.15. The van der Waals surface area contributed by atoms with Crippen LogP contribution in [-0.4, -0.2) is 0 Å². The maximum atomic E-state index is 6.47. The molecule has 13 heavy (non-hydrogen) atoms. The summed E-state index contributed by atoms with van der Waals surface area (Å²) < 4.78 is 0. The van der Waals surface area contributed by atoms with Crippen molar-refractivity contribution >= 4 is 0 Å². The van der Waals surface area contributed by atoms with Crippen molar-refractivity contribution in [2.75, 3.05) is 0 Å². The summed E-state index contributed by atoms with van der Waals surface area (Å²) >= 11 is 0. The number of hydrogen-bond acceptors (Lipinski definition) is 1. The molecule has 2 fully saturated rings. The van der Waals surface area contributed by atoms with Crippen molar-refractivity contribution in [1.82, 2.24) is 0 Å². The van der Waals surface area contributed by atoms with Crippen molar-refractivity contribution in [3.8, 4) is 0 Å². The molecule has 0 heterocycles. The van der Waals surface area contributed by atoms with E-state index in [1.54, 1.807) is 0 Å². The van der Waals surface area contributed by atoms with Gasteiger partial charge in [-0.15, -0.1) is 0 Å². The highest BCUT2D eigenvalue weighted by molar-refractivity contribution is 5.29. The van der Waals surface area contributed by atoms with Gasteiger partial charge in [-0.05, 0) is 36.7 Å². The molecule has 0 radical (unpaired) electrons. The predicted molar refractivity (Wildman–Crippen MR) is 53.1 cm³/mol. The second-order valence-corrected chi connectivity index (χ2v) is 4.55. The lowest BCUT2D eigenvalue weighted by Gasteiger charge is -2.26. The number of hydrogen-bond donors (Lipinski definition) is 1. The summed E-state index contributed by atoms with van der Waals surface area (Å²) in [6, 6.07) is 10.6. The van der Waals surface area contributed by atoms with Gasteiger partial charge in [0, 0.05) is 5.54 Å². The van der Waals surface area contributed by atoms with Crippen LogP contribution in [0.5, 0.6) is 0 Å². The van der Waals surface area contributed by atoms with Crippen LogP contribution in [-0.2, 0) is 5.54 Å². The molecular weight excluding hydrogens is 158 g/mol. The molecule has 0 unspecified atom stereocenters. The Hall–Kier alpha value is -0.820. The van der Waals surface area contributed by atoms with E-state index in [9.17, 15) is 0 Å². The average Bonchev–Trinajstić information content (AvgIpc) is 2.90. The lowest BCUT2D eigenvalue weighted by atomic mass is 9.86. The van der Waals surface area contributed by atoms with Crippen LogP contribution in [0.15, 0.2) is 30.3 Å². The first-order valence-corrected chi connectivity index (χ1v) is 5.15. The minimum Gasteiger partial charge on any atom is -0.321 e. The molecule has 1 aromatic rings.